The van der Waals surface area contributed by atoms with Gasteiger partial charge in [0, 0.05) is 54.2 Å². The second-order valence-corrected chi connectivity index (χ2v) is 9.63. The van der Waals surface area contributed by atoms with Gasteiger partial charge in [-0.2, -0.15) is 0 Å². The maximum absolute atomic E-state index is 12.6. The second-order valence-electron chi connectivity index (χ2n) is 9.19. The first-order valence-corrected chi connectivity index (χ1v) is 12.8. The molecule has 1 atom stereocenters. The van der Waals surface area contributed by atoms with Gasteiger partial charge in [0.2, 0.25) is 12.3 Å². The summed E-state index contributed by atoms with van der Waals surface area (Å²) in [7, 11) is 1.96. The lowest BCUT2D eigenvalue weighted by Gasteiger charge is -2.26. The van der Waals surface area contributed by atoms with Crippen LogP contribution in [0.5, 0.6) is 0 Å². The number of furan rings is 1. The number of pyridine rings is 2. The minimum absolute atomic E-state index is 0.412. The molecule has 0 fully saturated rings. The molecule has 0 N–H and O–H groups in total. The van der Waals surface area contributed by atoms with Crippen molar-refractivity contribution in [1.29, 1.82) is 0 Å². The van der Waals surface area contributed by atoms with Gasteiger partial charge in [0.25, 0.3) is 0 Å². The maximum atomic E-state index is 12.6. The van der Waals surface area contributed by atoms with E-state index in [4.69, 9.17) is 21.0 Å². The Labute approximate surface area is 230 Å². The van der Waals surface area contributed by atoms with Crippen LogP contribution in [0.25, 0.3) is 33.4 Å². The van der Waals surface area contributed by atoms with Crippen LogP contribution in [0.1, 0.15) is 17.6 Å². The van der Waals surface area contributed by atoms with Gasteiger partial charge in [-0.1, -0.05) is 41.9 Å². The van der Waals surface area contributed by atoms with Crippen molar-refractivity contribution in [2.75, 3.05) is 4.90 Å². The average Bonchev–Trinajstić information content (AvgIpc) is 3.57. The maximum Gasteiger partial charge on any atom is 0.217 e. The van der Waals surface area contributed by atoms with Crippen molar-refractivity contribution in [1.82, 2.24) is 19.5 Å². The molecular formula is C31H24ClN5O2. The first-order chi connectivity index (χ1) is 19.1. The lowest BCUT2D eigenvalue weighted by atomic mass is 10.0. The van der Waals surface area contributed by atoms with Gasteiger partial charge in [0.15, 0.2) is 0 Å². The molecule has 39 heavy (non-hydrogen) atoms. The minimum Gasteiger partial charge on any atom is -0.440 e. The molecule has 4 aromatic heterocycles. The number of halogens is 1. The highest BCUT2D eigenvalue weighted by Gasteiger charge is 2.29. The van der Waals surface area contributed by atoms with Crippen LogP contribution in [0.3, 0.4) is 0 Å². The molecule has 0 bridgehead atoms. The highest BCUT2D eigenvalue weighted by atomic mass is 35.5. The average molecular weight is 534 g/mol. The highest BCUT2D eigenvalue weighted by molar-refractivity contribution is 6.31. The number of amides is 1. The van der Waals surface area contributed by atoms with Crippen molar-refractivity contribution in [2.45, 2.75) is 12.5 Å². The number of rotatable bonds is 8. The summed E-state index contributed by atoms with van der Waals surface area (Å²) in [6.07, 6.45) is 8.38. The lowest BCUT2D eigenvalue weighted by Crippen LogP contribution is -2.31. The van der Waals surface area contributed by atoms with Gasteiger partial charge >= 0.3 is 0 Å². The number of hydrogen-bond acceptors (Lipinski definition) is 5. The molecule has 0 aliphatic carbocycles. The quantitative estimate of drug-likeness (QED) is 0.199. The first kappa shape index (κ1) is 24.6. The smallest absolute Gasteiger partial charge is 0.217 e. The molecule has 0 aliphatic heterocycles. The van der Waals surface area contributed by atoms with Crippen molar-refractivity contribution in [3.05, 3.63) is 120 Å². The Kier molecular flexibility index (Phi) is 6.65. The zero-order chi connectivity index (χ0) is 26.8. The van der Waals surface area contributed by atoms with Gasteiger partial charge in [-0.15, -0.1) is 0 Å². The van der Waals surface area contributed by atoms with Crippen LogP contribution in [0.15, 0.2) is 108 Å². The molecule has 4 heterocycles. The fourth-order valence-corrected chi connectivity index (χ4v) is 5.00. The summed E-state index contributed by atoms with van der Waals surface area (Å²) < 4.78 is 8.10. The molecule has 0 saturated carbocycles. The SMILES string of the molecule is Cn1c(-c2ccc(-c3ccncc3)cc2)cnc1C(Cc1ccccn1)N(C=O)c1cc2cc(Cl)ccc2o1. The van der Waals surface area contributed by atoms with E-state index in [1.165, 1.54) is 0 Å². The second kappa shape index (κ2) is 10.6. The Morgan fingerprint density at radius 3 is 2.44 bits per heavy atom. The number of benzene rings is 2. The summed E-state index contributed by atoms with van der Waals surface area (Å²) in [5.74, 6) is 1.12. The van der Waals surface area contributed by atoms with Gasteiger partial charge in [-0.3, -0.25) is 19.7 Å². The molecule has 2 aromatic carbocycles. The van der Waals surface area contributed by atoms with E-state index in [1.54, 1.807) is 35.6 Å². The molecule has 192 valence electrons. The van der Waals surface area contributed by atoms with Crippen molar-refractivity contribution in [3.63, 3.8) is 0 Å². The summed E-state index contributed by atoms with van der Waals surface area (Å²) in [5, 5.41) is 1.41. The van der Waals surface area contributed by atoms with Crippen LogP contribution in [-0.4, -0.2) is 25.9 Å². The number of nitrogens with zero attached hydrogens (tertiary/aromatic N) is 5. The lowest BCUT2D eigenvalue weighted by molar-refractivity contribution is -0.108. The molecule has 0 radical (unpaired) electrons. The molecule has 6 aromatic rings. The number of hydrogen-bond donors (Lipinski definition) is 0. The van der Waals surface area contributed by atoms with E-state index in [1.807, 2.05) is 60.3 Å². The van der Waals surface area contributed by atoms with Gasteiger partial charge in [0.05, 0.1) is 11.9 Å². The van der Waals surface area contributed by atoms with E-state index >= 15 is 0 Å². The van der Waals surface area contributed by atoms with Gasteiger partial charge in [-0.05, 0) is 59.2 Å². The number of anilines is 1. The van der Waals surface area contributed by atoms with E-state index in [0.717, 1.165) is 39.9 Å². The summed E-state index contributed by atoms with van der Waals surface area (Å²) in [6.45, 7) is 0. The number of aromatic nitrogens is 4. The van der Waals surface area contributed by atoms with Crippen LogP contribution in [0.2, 0.25) is 5.02 Å². The van der Waals surface area contributed by atoms with E-state index in [0.29, 0.717) is 28.7 Å². The van der Waals surface area contributed by atoms with Gasteiger partial charge in [0.1, 0.15) is 17.4 Å². The molecule has 8 heteroatoms. The third-order valence-corrected chi connectivity index (χ3v) is 7.05. The van der Waals surface area contributed by atoms with E-state index < -0.39 is 6.04 Å². The number of imidazole rings is 1. The van der Waals surface area contributed by atoms with Crippen molar-refractivity contribution >= 4 is 34.9 Å². The summed E-state index contributed by atoms with van der Waals surface area (Å²) in [6, 6.07) is 24.8. The largest absolute Gasteiger partial charge is 0.440 e. The van der Waals surface area contributed by atoms with Crippen LogP contribution >= 0.6 is 11.6 Å². The monoisotopic (exact) mass is 533 g/mol. The predicted molar refractivity (Wildman–Crippen MR) is 152 cm³/mol. The predicted octanol–water partition coefficient (Wildman–Crippen LogP) is 6.89. The van der Waals surface area contributed by atoms with E-state index in [-0.39, 0.29) is 0 Å². The van der Waals surface area contributed by atoms with Crippen molar-refractivity contribution < 1.29 is 9.21 Å². The Hall–Kier alpha value is -4.75. The van der Waals surface area contributed by atoms with Gasteiger partial charge < -0.3 is 8.98 Å². The fraction of sp³-hybridized carbons (Fsp3) is 0.0968. The number of fused-ring (bicyclic) bond motifs is 1. The molecule has 0 spiro atoms. The topological polar surface area (TPSA) is 77.1 Å². The van der Waals surface area contributed by atoms with Crippen LogP contribution in [0, 0.1) is 0 Å². The molecule has 1 unspecified atom stereocenters. The highest BCUT2D eigenvalue weighted by Crippen LogP contribution is 2.35. The third-order valence-electron chi connectivity index (χ3n) is 6.81. The number of carbonyl (C=O) groups excluding carboxylic acids is 1. The Morgan fingerprint density at radius 2 is 1.69 bits per heavy atom. The van der Waals surface area contributed by atoms with E-state index in [9.17, 15) is 4.79 Å². The van der Waals surface area contributed by atoms with Gasteiger partial charge in [-0.25, -0.2) is 4.98 Å². The zero-order valence-electron chi connectivity index (χ0n) is 21.1. The Bertz CT molecular complexity index is 1730. The summed E-state index contributed by atoms with van der Waals surface area (Å²) >= 11 is 6.18. The van der Waals surface area contributed by atoms with Crippen molar-refractivity contribution in [2.24, 2.45) is 7.05 Å². The standard InChI is InChI=1S/C31H24ClN5O2/c1-36-28(23-7-5-21(6-8-23)22-11-14-33-15-12-22)19-35-31(36)27(18-26-4-2-3-13-34-26)37(20-38)30-17-24-16-25(32)9-10-29(24)39-30/h2-17,19-20,27H,18H2,1H3. The van der Waals surface area contributed by atoms with Crippen LogP contribution in [0.4, 0.5) is 5.88 Å². The summed E-state index contributed by atoms with van der Waals surface area (Å²) in [5.41, 5.74) is 5.63. The van der Waals surface area contributed by atoms with Crippen molar-refractivity contribution in [3.8, 4) is 22.4 Å². The number of carbonyl (C=O) groups is 1. The molecule has 6 rings (SSSR count). The Morgan fingerprint density at radius 1 is 0.923 bits per heavy atom. The fourth-order valence-electron chi connectivity index (χ4n) is 4.82. The molecule has 1 amide bonds. The molecule has 7 nitrogen and oxygen atoms in total. The first-order valence-electron chi connectivity index (χ1n) is 12.5. The van der Waals surface area contributed by atoms with Crippen LogP contribution in [-0.2, 0) is 18.3 Å². The summed E-state index contributed by atoms with van der Waals surface area (Å²) in [4.78, 5) is 27.6. The third kappa shape index (κ3) is 4.92. The van der Waals surface area contributed by atoms with Crippen LogP contribution < -0.4 is 4.90 Å². The van der Waals surface area contributed by atoms with E-state index in [2.05, 4.69) is 34.2 Å². The molecule has 0 aliphatic rings. The Balaban J connectivity index is 1.39. The normalized spacial score (nSPS) is 11.9. The zero-order valence-corrected chi connectivity index (χ0v) is 21.9. The molecule has 0 saturated heterocycles. The molecular weight excluding hydrogens is 510 g/mol. The minimum atomic E-state index is -0.469.